The van der Waals surface area contributed by atoms with Crippen LogP contribution in [0.5, 0.6) is 0 Å². The van der Waals surface area contributed by atoms with Gasteiger partial charge in [-0.3, -0.25) is 9.36 Å². The predicted molar refractivity (Wildman–Crippen MR) is 96.8 cm³/mol. The van der Waals surface area contributed by atoms with Crippen molar-refractivity contribution < 1.29 is 28.2 Å². The second-order valence-electron chi connectivity index (χ2n) is 6.60. The summed E-state index contributed by atoms with van der Waals surface area (Å²) in [6.07, 6.45) is 0.153. The highest BCUT2D eigenvalue weighted by atomic mass is 19.1. The summed E-state index contributed by atoms with van der Waals surface area (Å²) in [6, 6.07) is 2.22. The van der Waals surface area contributed by atoms with E-state index in [1.165, 1.54) is 4.90 Å². The molecule has 0 spiro atoms. The van der Waals surface area contributed by atoms with Gasteiger partial charge in [0.1, 0.15) is 17.2 Å². The molecule has 0 unspecified atom stereocenters. The van der Waals surface area contributed by atoms with Crippen molar-refractivity contribution in [2.45, 2.75) is 6.10 Å². The molecule has 0 saturated carbocycles. The maximum absolute atomic E-state index is 14.5. The number of anilines is 2. The molecule has 0 bridgehead atoms. The molecule has 1 aliphatic heterocycles. The summed E-state index contributed by atoms with van der Waals surface area (Å²) < 4.78 is 43.5. The van der Waals surface area contributed by atoms with E-state index in [1.807, 2.05) is 0 Å². The number of hydrogen-bond donors (Lipinski definition) is 3. The van der Waals surface area contributed by atoms with Crippen molar-refractivity contribution in [1.29, 1.82) is 0 Å². The molecule has 11 heteroatoms. The van der Waals surface area contributed by atoms with Crippen LogP contribution in [0.4, 0.5) is 24.7 Å². The van der Waals surface area contributed by atoms with E-state index in [0.29, 0.717) is 6.07 Å². The number of aromatic nitrogens is 2. The largest absolute Gasteiger partial charge is 0.477 e. The number of halogens is 3. The molecule has 4 rings (SSSR count). The molecule has 2 aromatic heterocycles. The number of carbonyl (C=O) groups is 1. The van der Waals surface area contributed by atoms with Crippen molar-refractivity contribution >= 4 is 28.5 Å². The Morgan fingerprint density at radius 3 is 2.45 bits per heavy atom. The molecule has 8 nitrogen and oxygen atoms in total. The average Bonchev–Trinajstić information content (AvgIpc) is 2.63. The highest BCUT2D eigenvalue weighted by molar-refractivity contribution is 5.92. The highest BCUT2D eigenvalue weighted by Gasteiger charge is 2.29. The molecule has 29 heavy (non-hydrogen) atoms. The zero-order valence-corrected chi connectivity index (χ0v) is 14.6. The number of nitrogen functional groups attached to an aromatic ring is 1. The van der Waals surface area contributed by atoms with Gasteiger partial charge in [-0.2, -0.15) is 0 Å². The first-order valence-electron chi connectivity index (χ1n) is 8.34. The molecule has 1 aliphatic rings. The fraction of sp³-hybridized carbons (Fsp3) is 0.167. The quantitative estimate of drug-likeness (QED) is 0.560. The van der Waals surface area contributed by atoms with Crippen molar-refractivity contribution in [2.75, 3.05) is 23.7 Å². The van der Waals surface area contributed by atoms with Crippen molar-refractivity contribution in [3.63, 3.8) is 0 Å². The van der Waals surface area contributed by atoms with Gasteiger partial charge in [-0.25, -0.2) is 22.9 Å². The Morgan fingerprint density at radius 1 is 1.14 bits per heavy atom. The lowest BCUT2D eigenvalue weighted by atomic mass is 10.1. The molecular weight excluding hydrogens is 393 g/mol. The lowest BCUT2D eigenvalue weighted by Gasteiger charge is -2.37. The summed E-state index contributed by atoms with van der Waals surface area (Å²) in [7, 11) is 0. The summed E-state index contributed by atoms with van der Waals surface area (Å²) in [5, 5.41) is 18.3. The van der Waals surface area contributed by atoms with Crippen LogP contribution >= 0.6 is 0 Å². The number of benzene rings is 1. The number of pyridine rings is 2. The Hall–Kier alpha value is -3.60. The summed E-state index contributed by atoms with van der Waals surface area (Å²) >= 11 is 0. The van der Waals surface area contributed by atoms with Gasteiger partial charge in [-0.05, 0) is 12.1 Å². The number of aliphatic hydroxyl groups excluding tert-OH is 1. The molecule has 0 atom stereocenters. The molecule has 0 radical (unpaired) electrons. The number of aromatic carboxylic acids is 1. The van der Waals surface area contributed by atoms with Gasteiger partial charge >= 0.3 is 5.97 Å². The molecule has 1 aromatic carbocycles. The van der Waals surface area contributed by atoms with Crippen LogP contribution in [-0.4, -0.2) is 44.9 Å². The second kappa shape index (κ2) is 6.48. The van der Waals surface area contributed by atoms with E-state index >= 15 is 0 Å². The maximum Gasteiger partial charge on any atom is 0.341 e. The van der Waals surface area contributed by atoms with E-state index < -0.39 is 51.6 Å². The minimum Gasteiger partial charge on any atom is -0.477 e. The first-order chi connectivity index (χ1) is 13.7. The lowest BCUT2D eigenvalue weighted by molar-refractivity contribution is 0.0695. The van der Waals surface area contributed by atoms with Crippen LogP contribution in [-0.2, 0) is 0 Å². The predicted octanol–water partition coefficient (Wildman–Crippen LogP) is 1.26. The zero-order valence-electron chi connectivity index (χ0n) is 14.6. The van der Waals surface area contributed by atoms with Crippen molar-refractivity contribution in [3.05, 3.63) is 57.6 Å². The van der Waals surface area contributed by atoms with Gasteiger partial charge in [-0.15, -0.1) is 0 Å². The van der Waals surface area contributed by atoms with Gasteiger partial charge < -0.3 is 20.8 Å². The van der Waals surface area contributed by atoms with Crippen LogP contribution in [0.2, 0.25) is 0 Å². The maximum atomic E-state index is 14.5. The number of β-amino-alcohol motifs (C(OH)–C–C–N with tert-alkyl or cyclic N) is 1. The van der Waals surface area contributed by atoms with E-state index in [-0.39, 0.29) is 30.2 Å². The summed E-state index contributed by atoms with van der Waals surface area (Å²) in [6.45, 7) is 0.204. The van der Waals surface area contributed by atoms with Crippen molar-refractivity contribution in [1.82, 2.24) is 9.55 Å². The van der Waals surface area contributed by atoms with Gasteiger partial charge in [0.05, 0.1) is 22.9 Å². The van der Waals surface area contributed by atoms with Gasteiger partial charge in [-0.1, -0.05) is 0 Å². The summed E-state index contributed by atoms with van der Waals surface area (Å²) in [4.78, 5) is 29.4. The molecular formula is C18H13F3N4O4. The number of aliphatic hydroxyl groups is 1. The van der Waals surface area contributed by atoms with Gasteiger partial charge in [0.15, 0.2) is 17.3 Å². The van der Waals surface area contributed by atoms with Crippen molar-refractivity contribution in [2.24, 2.45) is 0 Å². The lowest BCUT2D eigenvalue weighted by Crippen LogP contribution is -2.51. The number of nitrogens with zero attached hydrogens (tertiary/aromatic N) is 3. The Balaban J connectivity index is 2.07. The third-order valence-electron chi connectivity index (χ3n) is 4.63. The van der Waals surface area contributed by atoms with E-state index in [9.17, 15) is 33.0 Å². The molecule has 150 valence electrons. The minimum absolute atomic E-state index is 0.102. The average molecular weight is 406 g/mol. The van der Waals surface area contributed by atoms with Crippen LogP contribution in [0.25, 0.3) is 16.7 Å². The molecule has 1 fully saturated rings. The number of nitrogens with two attached hydrogens (primary N) is 1. The zero-order chi connectivity index (χ0) is 21.0. The third kappa shape index (κ3) is 2.95. The minimum atomic E-state index is -1.61. The fourth-order valence-electron chi connectivity index (χ4n) is 3.14. The van der Waals surface area contributed by atoms with Crippen LogP contribution in [0.1, 0.15) is 10.4 Å². The number of fused-ring (bicyclic) bond motifs is 1. The smallest absolute Gasteiger partial charge is 0.341 e. The third-order valence-corrected chi connectivity index (χ3v) is 4.63. The normalized spacial score (nSPS) is 14.3. The summed E-state index contributed by atoms with van der Waals surface area (Å²) in [5.41, 5.74) is 2.69. The number of carboxylic acid groups (broad SMARTS) is 1. The van der Waals surface area contributed by atoms with Crippen LogP contribution < -0.4 is 16.1 Å². The Bertz CT molecular complexity index is 1240. The fourth-order valence-corrected chi connectivity index (χ4v) is 3.14. The second-order valence-corrected chi connectivity index (χ2v) is 6.60. The van der Waals surface area contributed by atoms with E-state index in [0.717, 1.165) is 22.9 Å². The topological polar surface area (TPSA) is 122 Å². The Morgan fingerprint density at radius 2 is 1.83 bits per heavy atom. The monoisotopic (exact) mass is 406 g/mol. The van der Waals surface area contributed by atoms with Crippen LogP contribution in [0, 0.1) is 17.5 Å². The van der Waals surface area contributed by atoms with Crippen molar-refractivity contribution in [3.8, 4) is 5.69 Å². The number of rotatable bonds is 3. The molecule has 1 saturated heterocycles. The van der Waals surface area contributed by atoms with E-state index in [2.05, 4.69) is 4.98 Å². The molecule has 0 amide bonds. The molecule has 3 aromatic rings. The van der Waals surface area contributed by atoms with Crippen LogP contribution in [0.3, 0.4) is 0 Å². The van der Waals surface area contributed by atoms with E-state index in [1.54, 1.807) is 0 Å². The molecule has 4 N–H and O–H groups in total. The Labute approximate surface area is 160 Å². The van der Waals surface area contributed by atoms with E-state index in [4.69, 9.17) is 5.73 Å². The Kier molecular flexibility index (Phi) is 4.19. The van der Waals surface area contributed by atoms with Gasteiger partial charge in [0.2, 0.25) is 5.43 Å². The SMILES string of the molecule is Nc1cc(-n2cc(C(=O)O)c(=O)c3cc(F)c(N4CC(O)C4)nc32)c(F)cc1F. The number of hydrogen-bond acceptors (Lipinski definition) is 6. The standard InChI is InChI=1S/C18H13F3N4O4/c19-10-2-11(20)14(3-13(10)22)25-6-9(18(28)29)15(27)8-1-12(21)17(23-16(8)25)24-4-7(26)5-24/h1-3,6-7,26H,4-5,22H2,(H,28,29). The molecule has 0 aliphatic carbocycles. The number of carboxylic acids is 1. The van der Waals surface area contributed by atoms with Crippen LogP contribution in [0.15, 0.2) is 29.2 Å². The summed E-state index contributed by atoms with van der Waals surface area (Å²) in [5.74, 6) is -4.84. The highest BCUT2D eigenvalue weighted by Crippen LogP contribution is 2.28. The first kappa shape index (κ1) is 18.7. The van der Waals surface area contributed by atoms with Gasteiger partial charge in [0, 0.05) is 25.4 Å². The van der Waals surface area contributed by atoms with Gasteiger partial charge in [0.25, 0.3) is 0 Å². The first-order valence-corrected chi connectivity index (χ1v) is 8.34. The molecule has 3 heterocycles.